The van der Waals surface area contributed by atoms with E-state index in [0.29, 0.717) is 5.92 Å². The Kier molecular flexibility index (Phi) is 5.20. The fraction of sp³-hybridized carbons (Fsp3) is 0.625. The van der Waals surface area contributed by atoms with Crippen molar-refractivity contribution in [1.82, 2.24) is 14.8 Å². The number of amides is 2. The van der Waals surface area contributed by atoms with Crippen LogP contribution in [0.3, 0.4) is 0 Å². The molecule has 0 spiro atoms. The molecule has 2 amide bonds. The highest BCUT2D eigenvalue weighted by Gasteiger charge is 2.28. The Morgan fingerprint density at radius 2 is 2.23 bits per heavy atom. The average molecular weight is 320 g/mol. The summed E-state index contributed by atoms with van der Waals surface area (Å²) in [7, 11) is 0. The van der Waals surface area contributed by atoms with E-state index in [1.165, 1.54) is 25.9 Å². The lowest BCUT2D eigenvalue weighted by molar-refractivity contribution is 0.217. The third kappa shape index (κ3) is 3.93. The first-order valence-corrected chi connectivity index (χ1v) is 9.25. The summed E-state index contributed by atoms with van der Waals surface area (Å²) < 4.78 is 0. The predicted molar refractivity (Wildman–Crippen MR) is 90.4 cm³/mol. The summed E-state index contributed by atoms with van der Waals surface area (Å²) in [5.74, 6) is 0.628. The maximum Gasteiger partial charge on any atom is 0.321 e. The van der Waals surface area contributed by atoms with Gasteiger partial charge in [-0.3, -0.25) is 0 Å². The van der Waals surface area contributed by atoms with Crippen LogP contribution in [0.15, 0.2) is 23.4 Å². The van der Waals surface area contributed by atoms with Gasteiger partial charge in [0.1, 0.15) is 0 Å². The molecule has 120 valence electrons. The number of carbonyl (C=O) groups excluding carboxylic acids is 1. The zero-order valence-electron chi connectivity index (χ0n) is 13.1. The molecule has 5 nitrogen and oxygen atoms in total. The van der Waals surface area contributed by atoms with Gasteiger partial charge in [-0.2, -0.15) is 0 Å². The number of thioether (sulfide) groups is 1. The number of rotatable bonds is 4. The van der Waals surface area contributed by atoms with Crippen molar-refractivity contribution < 1.29 is 4.79 Å². The van der Waals surface area contributed by atoms with Gasteiger partial charge in [0.15, 0.2) is 0 Å². The van der Waals surface area contributed by atoms with Crippen LogP contribution in [0.2, 0.25) is 0 Å². The predicted octanol–water partition coefficient (Wildman–Crippen LogP) is 2.75. The maximum atomic E-state index is 12.4. The van der Waals surface area contributed by atoms with E-state index in [9.17, 15) is 4.79 Å². The molecule has 1 atom stereocenters. The van der Waals surface area contributed by atoms with Crippen LogP contribution in [-0.4, -0.2) is 59.8 Å². The van der Waals surface area contributed by atoms with Crippen molar-refractivity contribution in [1.29, 1.82) is 0 Å². The number of hydrogen-bond acceptors (Lipinski definition) is 4. The summed E-state index contributed by atoms with van der Waals surface area (Å²) >= 11 is 1.58. The first-order chi connectivity index (χ1) is 10.7. The van der Waals surface area contributed by atoms with E-state index in [0.717, 1.165) is 36.8 Å². The normalized spacial score (nSPS) is 22.2. The second kappa shape index (κ2) is 7.33. The molecule has 2 saturated heterocycles. The molecule has 1 N–H and O–H groups in total. The number of pyridine rings is 1. The van der Waals surface area contributed by atoms with Gasteiger partial charge in [0, 0.05) is 31.5 Å². The van der Waals surface area contributed by atoms with Crippen molar-refractivity contribution in [2.75, 3.05) is 44.3 Å². The molecule has 3 rings (SSSR count). The molecular weight excluding hydrogens is 296 g/mol. The van der Waals surface area contributed by atoms with Crippen LogP contribution in [0, 0.1) is 5.92 Å². The number of nitrogens with zero attached hydrogens (tertiary/aromatic N) is 3. The van der Waals surface area contributed by atoms with Gasteiger partial charge in [-0.25, -0.2) is 9.78 Å². The minimum atomic E-state index is 0.0159. The van der Waals surface area contributed by atoms with E-state index in [1.807, 2.05) is 23.3 Å². The molecule has 22 heavy (non-hydrogen) atoms. The van der Waals surface area contributed by atoms with Gasteiger partial charge in [0.05, 0.1) is 5.03 Å². The van der Waals surface area contributed by atoms with Gasteiger partial charge < -0.3 is 15.1 Å². The fourth-order valence-corrected chi connectivity index (χ4v) is 3.71. The topological polar surface area (TPSA) is 48.5 Å². The van der Waals surface area contributed by atoms with E-state index in [4.69, 9.17) is 0 Å². The molecule has 6 heteroatoms. The molecule has 3 heterocycles. The SMILES string of the molecule is CSc1cc(NC(=O)N2CCC(CN3CCCC3)C2)ccn1. The Hall–Kier alpha value is -1.27. The Morgan fingerprint density at radius 1 is 1.41 bits per heavy atom. The second-order valence-corrected chi connectivity index (χ2v) is 6.95. The quantitative estimate of drug-likeness (QED) is 0.867. The molecule has 1 aromatic rings. The molecule has 0 bridgehead atoms. The minimum absolute atomic E-state index is 0.0159. The van der Waals surface area contributed by atoms with Crippen molar-refractivity contribution in [3.05, 3.63) is 18.3 Å². The zero-order valence-corrected chi connectivity index (χ0v) is 13.9. The number of nitrogens with one attached hydrogen (secondary N) is 1. The minimum Gasteiger partial charge on any atom is -0.324 e. The fourth-order valence-electron chi connectivity index (χ4n) is 3.30. The van der Waals surface area contributed by atoms with E-state index < -0.39 is 0 Å². The van der Waals surface area contributed by atoms with Gasteiger partial charge in [0.25, 0.3) is 0 Å². The lowest BCUT2D eigenvalue weighted by atomic mass is 10.1. The standard InChI is InChI=1S/C16H24N4OS/c1-22-15-10-14(4-6-17-15)18-16(21)20-9-5-13(12-20)11-19-7-2-3-8-19/h4,6,10,13H,2-3,5,7-9,11-12H2,1H3,(H,17,18,21). The van der Waals surface area contributed by atoms with E-state index >= 15 is 0 Å². The van der Waals surface area contributed by atoms with Crippen LogP contribution in [0.4, 0.5) is 10.5 Å². The van der Waals surface area contributed by atoms with E-state index in [2.05, 4.69) is 15.2 Å². The van der Waals surface area contributed by atoms with Crippen LogP contribution in [0.1, 0.15) is 19.3 Å². The first kappa shape index (κ1) is 15.6. The molecule has 0 saturated carbocycles. The molecule has 1 aromatic heterocycles. The van der Waals surface area contributed by atoms with Crippen molar-refractivity contribution in [2.24, 2.45) is 5.92 Å². The molecular formula is C16H24N4OS. The number of aromatic nitrogens is 1. The van der Waals surface area contributed by atoms with Crippen LogP contribution in [-0.2, 0) is 0 Å². The Balaban J connectivity index is 1.50. The van der Waals surface area contributed by atoms with Gasteiger partial charge in [-0.15, -0.1) is 11.8 Å². The smallest absolute Gasteiger partial charge is 0.321 e. The number of hydrogen-bond donors (Lipinski definition) is 1. The van der Waals surface area contributed by atoms with Crippen LogP contribution in [0.5, 0.6) is 0 Å². The number of carbonyl (C=O) groups is 1. The van der Waals surface area contributed by atoms with Gasteiger partial charge in [-0.1, -0.05) is 0 Å². The highest BCUT2D eigenvalue weighted by Crippen LogP contribution is 2.21. The van der Waals surface area contributed by atoms with Crippen molar-refractivity contribution in [2.45, 2.75) is 24.3 Å². The number of urea groups is 1. The van der Waals surface area contributed by atoms with Crippen molar-refractivity contribution in [3.8, 4) is 0 Å². The van der Waals surface area contributed by atoms with Crippen LogP contribution >= 0.6 is 11.8 Å². The van der Waals surface area contributed by atoms with E-state index in [-0.39, 0.29) is 6.03 Å². The number of likely N-dealkylation sites (tertiary alicyclic amines) is 2. The zero-order chi connectivity index (χ0) is 15.4. The Labute approximate surface area is 136 Å². The molecule has 2 aliphatic heterocycles. The van der Waals surface area contributed by atoms with Gasteiger partial charge >= 0.3 is 6.03 Å². The average Bonchev–Trinajstić information content (AvgIpc) is 3.20. The van der Waals surface area contributed by atoms with Crippen LogP contribution in [0.25, 0.3) is 0 Å². The monoisotopic (exact) mass is 320 g/mol. The molecule has 2 aliphatic rings. The van der Waals surface area contributed by atoms with Crippen molar-refractivity contribution >= 4 is 23.5 Å². The van der Waals surface area contributed by atoms with Gasteiger partial charge in [-0.05, 0) is 56.7 Å². The van der Waals surface area contributed by atoms with Crippen molar-refractivity contribution in [3.63, 3.8) is 0 Å². The largest absolute Gasteiger partial charge is 0.324 e. The van der Waals surface area contributed by atoms with E-state index in [1.54, 1.807) is 18.0 Å². The summed E-state index contributed by atoms with van der Waals surface area (Å²) in [6.07, 6.45) is 7.50. The third-order valence-corrected chi connectivity index (χ3v) is 5.12. The third-order valence-electron chi connectivity index (χ3n) is 4.48. The second-order valence-electron chi connectivity index (χ2n) is 6.13. The summed E-state index contributed by atoms with van der Waals surface area (Å²) in [5, 5.41) is 3.92. The Bertz CT molecular complexity index is 519. The maximum absolute atomic E-state index is 12.4. The molecule has 0 aromatic carbocycles. The molecule has 1 unspecified atom stereocenters. The summed E-state index contributed by atoms with van der Waals surface area (Å²) in [6.45, 7) is 5.36. The van der Waals surface area contributed by atoms with Gasteiger partial charge in [0.2, 0.25) is 0 Å². The van der Waals surface area contributed by atoms with Crippen LogP contribution < -0.4 is 5.32 Å². The highest BCUT2D eigenvalue weighted by atomic mass is 32.2. The molecule has 2 fully saturated rings. The lowest BCUT2D eigenvalue weighted by Gasteiger charge is -2.21. The summed E-state index contributed by atoms with van der Waals surface area (Å²) in [4.78, 5) is 21.1. The molecule has 0 aliphatic carbocycles. The summed E-state index contributed by atoms with van der Waals surface area (Å²) in [6, 6.07) is 3.78. The summed E-state index contributed by atoms with van der Waals surface area (Å²) in [5.41, 5.74) is 0.826. The number of anilines is 1. The highest BCUT2D eigenvalue weighted by molar-refractivity contribution is 7.98. The molecule has 0 radical (unpaired) electrons. The first-order valence-electron chi connectivity index (χ1n) is 8.03. The Morgan fingerprint density at radius 3 is 3.00 bits per heavy atom. The lowest BCUT2D eigenvalue weighted by Crippen LogP contribution is -2.34.